The van der Waals surface area contributed by atoms with Crippen molar-refractivity contribution in [2.24, 2.45) is 11.5 Å². The summed E-state index contributed by atoms with van der Waals surface area (Å²) < 4.78 is 22.9. The van der Waals surface area contributed by atoms with E-state index >= 15 is 0 Å². The molecule has 0 aliphatic carbocycles. The molecular weight excluding hydrogens is 172 g/mol. The van der Waals surface area contributed by atoms with Gasteiger partial charge in [-0.3, -0.25) is 0 Å². The SMILES string of the molecule is CCS(=O)(=O)OO.NCCN. The van der Waals surface area contributed by atoms with E-state index < -0.39 is 10.1 Å². The van der Waals surface area contributed by atoms with Crippen LogP contribution in [-0.4, -0.2) is 32.5 Å². The van der Waals surface area contributed by atoms with E-state index in [2.05, 4.69) is 4.33 Å². The van der Waals surface area contributed by atoms with Gasteiger partial charge in [0, 0.05) is 13.1 Å². The fourth-order valence-corrected chi connectivity index (χ4v) is 0.158. The third-order valence-corrected chi connectivity index (χ3v) is 1.57. The van der Waals surface area contributed by atoms with Crippen molar-refractivity contribution in [1.29, 1.82) is 0 Å². The summed E-state index contributed by atoms with van der Waals surface area (Å²) in [5, 5.41) is 7.51. The molecule has 0 saturated heterocycles. The largest absolute Gasteiger partial charge is 0.329 e. The van der Waals surface area contributed by atoms with Gasteiger partial charge >= 0.3 is 0 Å². The van der Waals surface area contributed by atoms with Gasteiger partial charge in [0.25, 0.3) is 10.1 Å². The number of nitrogens with two attached hydrogens (primary N) is 2. The van der Waals surface area contributed by atoms with Crippen LogP contribution in [0.15, 0.2) is 0 Å². The van der Waals surface area contributed by atoms with Gasteiger partial charge in [0.15, 0.2) is 0 Å². The molecular formula is C4H14N2O4S. The van der Waals surface area contributed by atoms with Crippen molar-refractivity contribution < 1.29 is 18.0 Å². The minimum Gasteiger partial charge on any atom is -0.329 e. The van der Waals surface area contributed by atoms with E-state index in [9.17, 15) is 8.42 Å². The Morgan fingerprint density at radius 1 is 1.36 bits per heavy atom. The Labute approximate surface area is 66.2 Å². The lowest BCUT2D eigenvalue weighted by atomic mass is 10.7. The van der Waals surface area contributed by atoms with Gasteiger partial charge in [0.2, 0.25) is 0 Å². The molecule has 0 aromatic rings. The predicted molar refractivity (Wildman–Crippen MR) is 41.3 cm³/mol. The first-order valence-corrected chi connectivity index (χ1v) is 4.57. The van der Waals surface area contributed by atoms with Gasteiger partial charge in [-0.05, 0) is 6.92 Å². The van der Waals surface area contributed by atoms with Crippen LogP contribution < -0.4 is 11.5 Å². The van der Waals surface area contributed by atoms with Crippen LogP contribution in [0.1, 0.15) is 6.92 Å². The van der Waals surface area contributed by atoms with E-state index in [1.807, 2.05) is 0 Å². The minimum absolute atomic E-state index is 0.205. The van der Waals surface area contributed by atoms with Crippen molar-refractivity contribution in [3.05, 3.63) is 0 Å². The van der Waals surface area contributed by atoms with Gasteiger partial charge in [0.1, 0.15) is 0 Å². The van der Waals surface area contributed by atoms with Crippen LogP contribution in [-0.2, 0) is 14.5 Å². The van der Waals surface area contributed by atoms with Gasteiger partial charge < -0.3 is 11.5 Å². The first-order valence-electron chi connectivity index (χ1n) is 2.99. The molecule has 0 amide bonds. The van der Waals surface area contributed by atoms with Crippen molar-refractivity contribution in [1.82, 2.24) is 0 Å². The molecule has 0 rings (SSSR count). The smallest absolute Gasteiger partial charge is 0.293 e. The molecule has 0 aromatic heterocycles. The summed E-state index contributed by atoms with van der Waals surface area (Å²) in [7, 11) is -3.60. The topological polar surface area (TPSA) is 116 Å². The van der Waals surface area contributed by atoms with Crippen LogP contribution >= 0.6 is 0 Å². The van der Waals surface area contributed by atoms with Crippen molar-refractivity contribution in [3.8, 4) is 0 Å². The zero-order valence-electron chi connectivity index (χ0n) is 6.36. The Bertz CT molecular complexity index is 143. The molecule has 0 radical (unpaired) electrons. The van der Waals surface area contributed by atoms with Crippen LogP contribution in [0.2, 0.25) is 0 Å². The lowest BCUT2D eigenvalue weighted by molar-refractivity contribution is -0.130. The average molecular weight is 186 g/mol. The standard InChI is InChI=1S/C2H8N2.C2H6O4S/c3-1-2-4;1-2-7(4,5)6-3/h1-4H2;3H,2H2,1H3. The van der Waals surface area contributed by atoms with Crippen LogP contribution in [0.25, 0.3) is 0 Å². The summed E-state index contributed by atoms with van der Waals surface area (Å²) in [6, 6.07) is 0. The molecule has 11 heavy (non-hydrogen) atoms. The molecule has 6 nitrogen and oxygen atoms in total. The number of hydrogen-bond donors (Lipinski definition) is 3. The quantitative estimate of drug-likeness (QED) is 0.374. The van der Waals surface area contributed by atoms with Crippen LogP contribution in [0.3, 0.4) is 0 Å². The maximum atomic E-state index is 9.90. The van der Waals surface area contributed by atoms with Crippen molar-refractivity contribution >= 4 is 10.1 Å². The van der Waals surface area contributed by atoms with Gasteiger partial charge in [0.05, 0.1) is 5.75 Å². The van der Waals surface area contributed by atoms with Crippen molar-refractivity contribution in [2.75, 3.05) is 18.8 Å². The Kier molecular flexibility index (Phi) is 9.60. The molecule has 0 spiro atoms. The van der Waals surface area contributed by atoms with E-state index in [1.165, 1.54) is 6.92 Å². The molecule has 70 valence electrons. The van der Waals surface area contributed by atoms with E-state index in [1.54, 1.807) is 0 Å². The predicted octanol–water partition coefficient (Wildman–Crippen LogP) is -1.27. The zero-order valence-corrected chi connectivity index (χ0v) is 7.17. The molecule has 0 aliphatic heterocycles. The molecule has 5 N–H and O–H groups in total. The molecule has 0 aliphatic rings. The van der Waals surface area contributed by atoms with Crippen LogP contribution in [0.4, 0.5) is 0 Å². The van der Waals surface area contributed by atoms with Crippen molar-refractivity contribution in [2.45, 2.75) is 6.92 Å². The van der Waals surface area contributed by atoms with E-state index in [4.69, 9.17) is 16.7 Å². The lowest BCUT2D eigenvalue weighted by Crippen LogP contribution is -2.11. The molecule has 7 heteroatoms. The lowest BCUT2D eigenvalue weighted by Gasteiger charge is -1.88. The van der Waals surface area contributed by atoms with Gasteiger partial charge in [-0.2, -0.15) is 8.42 Å². The molecule has 0 unspecified atom stereocenters. The maximum Gasteiger partial charge on any atom is 0.293 e. The minimum atomic E-state index is -3.60. The summed E-state index contributed by atoms with van der Waals surface area (Å²) in [4.78, 5) is 0. The Balaban J connectivity index is 0. The van der Waals surface area contributed by atoms with Gasteiger partial charge in [-0.1, -0.05) is 0 Å². The third kappa shape index (κ3) is 12.9. The summed E-state index contributed by atoms with van der Waals surface area (Å²) in [5.41, 5.74) is 9.81. The first-order chi connectivity index (χ1) is 5.04. The second kappa shape index (κ2) is 7.89. The first kappa shape index (κ1) is 13.4. The molecule has 0 fully saturated rings. The average Bonchev–Trinajstić information content (AvgIpc) is 2.05. The monoisotopic (exact) mass is 186 g/mol. The summed E-state index contributed by atoms with van der Waals surface area (Å²) in [5.74, 6) is -0.205. The van der Waals surface area contributed by atoms with Gasteiger partial charge in [-0.15, -0.1) is 4.33 Å². The fraction of sp³-hybridized carbons (Fsp3) is 1.00. The third-order valence-electron chi connectivity index (χ3n) is 0.634. The highest BCUT2D eigenvalue weighted by Crippen LogP contribution is 1.84. The zero-order chi connectivity index (χ0) is 9.33. The van der Waals surface area contributed by atoms with Gasteiger partial charge in [-0.25, -0.2) is 5.26 Å². The summed E-state index contributed by atoms with van der Waals surface area (Å²) >= 11 is 0. The second-order valence-corrected chi connectivity index (χ2v) is 3.34. The molecule has 0 heterocycles. The molecule has 0 bridgehead atoms. The van der Waals surface area contributed by atoms with Crippen molar-refractivity contribution in [3.63, 3.8) is 0 Å². The highest BCUT2D eigenvalue weighted by atomic mass is 32.2. The Morgan fingerprint density at radius 3 is 1.73 bits per heavy atom. The maximum absolute atomic E-state index is 9.90. The fourth-order valence-electron chi connectivity index (χ4n) is 0.0527. The normalized spacial score (nSPS) is 10.2. The second-order valence-electron chi connectivity index (χ2n) is 1.50. The molecule has 0 saturated carbocycles. The van der Waals surface area contributed by atoms with E-state index in [0.29, 0.717) is 13.1 Å². The number of rotatable bonds is 3. The Hall–Kier alpha value is -0.210. The van der Waals surface area contributed by atoms with Crippen LogP contribution in [0, 0.1) is 0 Å². The summed E-state index contributed by atoms with van der Waals surface area (Å²) in [6.07, 6.45) is 0. The molecule has 0 aromatic carbocycles. The van der Waals surface area contributed by atoms with Crippen LogP contribution in [0.5, 0.6) is 0 Å². The highest BCUT2D eigenvalue weighted by Gasteiger charge is 2.02. The highest BCUT2D eigenvalue weighted by molar-refractivity contribution is 7.86. The molecule has 0 atom stereocenters. The number of hydrogen-bond acceptors (Lipinski definition) is 6. The van der Waals surface area contributed by atoms with E-state index in [0.717, 1.165) is 0 Å². The summed E-state index contributed by atoms with van der Waals surface area (Å²) in [6.45, 7) is 2.56. The van der Waals surface area contributed by atoms with E-state index in [-0.39, 0.29) is 5.75 Å². The Morgan fingerprint density at radius 2 is 1.73 bits per heavy atom.